The van der Waals surface area contributed by atoms with Crippen LogP contribution >= 0.6 is 27.5 Å². The molecule has 20 heavy (non-hydrogen) atoms. The number of hydrogen-bond donors (Lipinski definition) is 0. The van der Waals surface area contributed by atoms with E-state index in [1.807, 2.05) is 29.7 Å². The first-order valence-corrected chi connectivity index (χ1v) is 7.37. The lowest BCUT2D eigenvalue weighted by Gasteiger charge is -2.10. The Kier molecular flexibility index (Phi) is 3.52. The van der Waals surface area contributed by atoms with Gasteiger partial charge >= 0.3 is 0 Å². The van der Waals surface area contributed by atoms with Crippen LogP contribution in [0.5, 0.6) is 0 Å². The van der Waals surface area contributed by atoms with Crippen LogP contribution in [0.4, 0.5) is 4.39 Å². The zero-order valence-corrected chi connectivity index (χ0v) is 13.0. The second kappa shape index (κ2) is 5.19. The minimum atomic E-state index is -0.263. The van der Waals surface area contributed by atoms with Gasteiger partial charge in [-0.3, -0.25) is 4.57 Å². The molecule has 0 radical (unpaired) electrons. The number of halogens is 3. The van der Waals surface area contributed by atoms with Crippen LogP contribution in [0.25, 0.3) is 16.7 Å². The zero-order valence-electron chi connectivity index (χ0n) is 10.6. The average Bonchev–Trinajstić information content (AvgIpc) is 2.78. The topological polar surface area (TPSA) is 17.8 Å². The second-order valence-electron chi connectivity index (χ2n) is 4.53. The molecule has 0 aliphatic rings. The van der Waals surface area contributed by atoms with Crippen molar-refractivity contribution < 1.29 is 4.39 Å². The van der Waals surface area contributed by atoms with Crippen molar-refractivity contribution in [1.29, 1.82) is 0 Å². The maximum Gasteiger partial charge on any atom is 0.132 e. The number of hydrogen-bond acceptors (Lipinski definition) is 1. The number of benzene rings is 2. The summed E-state index contributed by atoms with van der Waals surface area (Å²) in [5.74, 6) is 0.479. The summed E-state index contributed by atoms with van der Waals surface area (Å²) >= 11 is 9.67. The Morgan fingerprint density at radius 2 is 1.90 bits per heavy atom. The smallest absolute Gasteiger partial charge is 0.132 e. The summed E-state index contributed by atoms with van der Waals surface area (Å²) in [5.41, 5.74) is 2.65. The maximum atomic E-state index is 13.1. The van der Waals surface area contributed by atoms with Crippen LogP contribution in [-0.4, -0.2) is 9.55 Å². The van der Waals surface area contributed by atoms with Crippen molar-refractivity contribution in [3.8, 4) is 5.69 Å². The van der Waals surface area contributed by atoms with Gasteiger partial charge in [0, 0.05) is 10.2 Å². The molecule has 0 N–H and O–H groups in total. The fraction of sp³-hybridized carbons (Fsp3) is 0.133. The number of alkyl halides is 1. The molecule has 3 rings (SSSR count). The van der Waals surface area contributed by atoms with Crippen LogP contribution in [0.1, 0.15) is 18.1 Å². The molecule has 1 unspecified atom stereocenters. The molecule has 1 atom stereocenters. The highest BCUT2D eigenvalue weighted by Gasteiger charge is 2.16. The maximum absolute atomic E-state index is 13.1. The Balaban J connectivity index is 2.31. The molecule has 102 valence electrons. The average molecular weight is 354 g/mol. The first-order valence-electron chi connectivity index (χ1n) is 6.14. The van der Waals surface area contributed by atoms with Crippen LogP contribution in [-0.2, 0) is 0 Å². The van der Waals surface area contributed by atoms with Crippen molar-refractivity contribution in [3.05, 3.63) is 58.6 Å². The first-order chi connectivity index (χ1) is 9.56. The lowest BCUT2D eigenvalue weighted by Crippen LogP contribution is -2.01. The molecule has 0 aliphatic heterocycles. The molecule has 1 heterocycles. The van der Waals surface area contributed by atoms with E-state index < -0.39 is 0 Å². The van der Waals surface area contributed by atoms with Crippen molar-refractivity contribution in [1.82, 2.24) is 9.55 Å². The minimum Gasteiger partial charge on any atom is -0.295 e. The van der Waals surface area contributed by atoms with Crippen molar-refractivity contribution in [2.24, 2.45) is 0 Å². The van der Waals surface area contributed by atoms with E-state index >= 15 is 0 Å². The highest BCUT2D eigenvalue weighted by molar-refractivity contribution is 9.10. The van der Waals surface area contributed by atoms with Crippen LogP contribution in [0.15, 0.2) is 46.9 Å². The Bertz CT molecular complexity index is 765. The monoisotopic (exact) mass is 352 g/mol. The molecule has 2 aromatic carbocycles. The van der Waals surface area contributed by atoms with Gasteiger partial charge < -0.3 is 0 Å². The second-order valence-corrected chi connectivity index (χ2v) is 6.10. The van der Waals surface area contributed by atoms with Crippen LogP contribution < -0.4 is 0 Å². The Morgan fingerprint density at radius 3 is 2.55 bits per heavy atom. The van der Waals surface area contributed by atoms with E-state index in [0.717, 1.165) is 27.0 Å². The summed E-state index contributed by atoms with van der Waals surface area (Å²) in [6.45, 7) is 1.87. The minimum absolute atomic E-state index is 0.244. The Morgan fingerprint density at radius 1 is 1.20 bits per heavy atom. The standard InChI is InChI=1S/C15H11BrClFN2/c1-9(17)15-19-13-8-10(16)2-7-14(13)20(15)12-5-3-11(18)4-6-12/h2-9H,1H3. The molecule has 0 spiro atoms. The molecular weight excluding hydrogens is 343 g/mol. The summed E-state index contributed by atoms with van der Waals surface area (Å²) in [5, 5.41) is -0.244. The third-order valence-electron chi connectivity index (χ3n) is 3.08. The SMILES string of the molecule is CC(Cl)c1nc2cc(Br)ccc2n1-c1ccc(F)cc1. The van der Waals surface area contributed by atoms with Gasteiger partial charge in [0.25, 0.3) is 0 Å². The van der Waals surface area contributed by atoms with E-state index in [-0.39, 0.29) is 11.2 Å². The van der Waals surface area contributed by atoms with Gasteiger partial charge in [-0.25, -0.2) is 9.37 Å². The van der Waals surface area contributed by atoms with Gasteiger partial charge in [0.2, 0.25) is 0 Å². The summed E-state index contributed by atoms with van der Waals surface area (Å²) < 4.78 is 16.0. The van der Waals surface area contributed by atoms with E-state index in [2.05, 4.69) is 20.9 Å². The predicted octanol–water partition coefficient (Wildman–Crippen LogP) is 5.23. The number of imidazole rings is 1. The number of aromatic nitrogens is 2. The van der Waals surface area contributed by atoms with Gasteiger partial charge in [-0.05, 0) is 49.4 Å². The number of rotatable bonds is 2. The molecule has 0 saturated heterocycles. The van der Waals surface area contributed by atoms with E-state index in [9.17, 15) is 4.39 Å². The quantitative estimate of drug-likeness (QED) is 0.577. The van der Waals surface area contributed by atoms with E-state index in [1.165, 1.54) is 12.1 Å². The van der Waals surface area contributed by atoms with Crippen molar-refractivity contribution in [2.45, 2.75) is 12.3 Å². The van der Waals surface area contributed by atoms with Gasteiger partial charge in [0.05, 0.1) is 16.4 Å². The van der Waals surface area contributed by atoms with Crippen molar-refractivity contribution >= 4 is 38.6 Å². The van der Waals surface area contributed by atoms with E-state index in [1.54, 1.807) is 12.1 Å². The molecule has 3 aromatic rings. The summed E-state index contributed by atoms with van der Waals surface area (Å²) in [6.07, 6.45) is 0. The Labute approximate surface area is 129 Å². The van der Waals surface area contributed by atoms with Gasteiger partial charge in [0.15, 0.2) is 0 Å². The third-order valence-corrected chi connectivity index (χ3v) is 3.77. The molecule has 0 fully saturated rings. The van der Waals surface area contributed by atoms with Gasteiger partial charge in [-0.1, -0.05) is 15.9 Å². The fourth-order valence-corrected chi connectivity index (χ4v) is 2.70. The van der Waals surface area contributed by atoms with Crippen LogP contribution in [0.2, 0.25) is 0 Å². The zero-order chi connectivity index (χ0) is 14.3. The Hall–Kier alpha value is -1.39. The highest BCUT2D eigenvalue weighted by Crippen LogP contribution is 2.29. The molecule has 1 aromatic heterocycles. The molecule has 0 bridgehead atoms. The third kappa shape index (κ3) is 2.34. The van der Waals surface area contributed by atoms with Gasteiger partial charge in [-0.2, -0.15) is 0 Å². The summed E-state index contributed by atoms with van der Waals surface area (Å²) in [7, 11) is 0. The molecule has 2 nitrogen and oxygen atoms in total. The predicted molar refractivity (Wildman–Crippen MR) is 83.0 cm³/mol. The molecule has 0 amide bonds. The number of fused-ring (bicyclic) bond motifs is 1. The van der Waals surface area contributed by atoms with Gasteiger partial charge in [-0.15, -0.1) is 11.6 Å². The lowest BCUT2D eigenvalue weighted by atomic mass is 10.2. The largest absolute Gasteiger partial charge is 0.295 e. The van der Waals surface area contributed by atoms with Gasteiger partial charge in [0.1, 0.15) is 11.6 Å². The van der Waals surface area contributed by atoms with Crippen molar-refractivity contribution in [2.75, 3.05) is 0 Å². The lowest BCUT2D eigenvalue weighted by molar-refractivity contribution is 0.627. The van der Waals surface area contributed by atoms with Crippen LogP contribution in [0, 0.1) is 5.82 Å². The normalized spacial score (nSPS) is 12.8. The fourth-order valence-electron chi connectivity index (χ4n) is 2.20. The summed E-state index contributed by atoms with van der Waals surface area (Å²) in [6, 6.07) is 12.2. The molecule has 0 saturated carbocycles. The highest BCUT2D eigenvalue weighted by atomic mass is 79.9. The van der Waals surface area contributed by atoms with Crippen molar-refractivity contribution in [3.63, 3.8) is 0 Å². The first kappa shape index (κ1) is 13.6. The molecule has 5 heteroatoms. The summed E-state index contributed by atoms with van der Waals surface area (Å²) in [4.78, 5) is 4.58. The number of nitrogens with zero attached hydrogens (tertiary/aromatic N) is 2. The molecular formula is C15H11BrClFN2. The molecule has 0 aliphatic carbocycles. The van der Waals surface area contributed by atoms with Crippen LogP contribution in [0.3, 0.4) is 0 Å². The van der Waals surface area contributed by atoms with E-state index in [0.29, 0.717) is 0 Å². The van der Waals surface area contributed by atoms with E-state index in [4.69, 9.17) is 11.6 Å².